The molecule has 2 unspecified atom stereocenters. The number of nitrogens with one attached hydrogen (secondary N) is 1. The largest absolute Gasteiger partial charge is 0.335 e. The number of carbonyl (C=O) groups is 1. The van der Waals surface area contributed by atoms with E-state index in [-0.39, 0.29) is 12.4 Å². The third kappa shape index (κ3) is 5.22. The molecule has 1 aromatic carbocycles. The van der Waals surface area contributed by atoms with Crippen LogP contribution in [-0.2, 0) is 11.3 Å². The first kappa shape index (κ1) is 18.3. The molecule has 128 valence electrons. The minimum absolute atomic E-state index is 0. The van der Waals surface area contributed by atoms with Crippen molar-refractivity contribution in [2.24, 2.45) is 5.92 Å². The molecule has 0 radical (unpaired) electrons. The summed E-state index contributed by atoms with van der Waals surface area (Å²) in [5.41, 5.74) is 1.24. The van der Waals surface area contributed by atoms with Crippen LogP contribution in [0, 0.1) is 5.92 Å². The molecule has 4 heteroatoms. The van der Waals surface area contributed by atoms with Crippen LogP contribution in [0.1, 0.15) is 51.0 Å². The van der Waals surface area contributed by atoms with E-state index in [0.717, 1.165) is 25.4 Å². The lowest BCUT2D eigenvalue weighted by Crippen LogP contribution is -2.40. The van der Waals surface area contributed by atoms with Crippen molar-refractivity contribution < 1.29 is 4.79 Å². The van der Waals surface area contributed by atoms with E-state index < -0.39 is 0 Å². The molecule has 1 aromatic rings. The summed E-state index contributed by atoms with van der Waals surface area (Å²) in [5.74, 6) is 1.05. The Morgan fingerprint density at radius 2 is 2.00 bits per heavy atom. The fraction of sp³-hybridized carbons (Fsp3) is 0.632. The molecule has 2 fully saturated rings. The second-order valence-electron chi connectivity index (χ2n) is 6.92. The first-order valence-electron chi connectivity index (χ1n) is 8.81. The molecule has 3 rings (SSSR count). The zero-order valence-electron chi connectivity index (χ0n) is 14.0. The van der Waals surface area contributed by atoms with Crippen molar-refractivity contribution in [2.75, 3.05) is 6.54 Å². The third-order valence-electron chi connectivity index (χ3n) is 5.18. The van der Waals surface area contributed by atoms with Gasteiger partial charge in [0, 0.05) is 25.0 Å². The minimum Gasteiger partial charge on any atom is -0.335 e. The zero-order chi connectivity index (χ0) is 15.4. The first-order chi connectivity index (χ1) is 10.7. The molecular weight excluding hydrogens is 308 g/mol. The lowest BCUT2D eigenvalue weighted by Gasteiger charge is -2.30. The van der Waals surface area contributed by atoms with Crippen molar-refractivity contribution >= 4 is 18.3 Å². The maximum absolute atomic E-state index is 12.8. The molecule has 2 aliphatic rings. The second-order valence-corrected chi connectivity index (χ2v) is 6.92. The number of amides is 1. The van der Waals surface area contributed by atoms with E-state index in [9.17, 15) is 4.79 Å². The molecule has 0 aromatic heterocycles. The van der Waals surface area contributed by atoms with Gasteiger partial charge in [0.25, 0.3) is 0 Å². The Morgan fingerprint density at radius 1 is 1.26 bits per heavy atom. The van der Waals surface area contributed by atoms with Gasteiger partial charge in [-0.15, -0.1) is 12.4 Å². The highest BCUT2D eigenvalue weighted by atomic mass is 35.5. The molecule has 1 amide bonds. The number of halogens is 1. The van der Waals surface area contributed by atoms with Crippen LogP contribution in [-0.4, -0.2) is 29.4 Å². The highest BCUT2D eigenvalue weighted by Crippen LogP contribution is 2.36. The van der Waals surface area contributed by atoms with Crippen LogP contribution in [0.4, 0.5) is 0 Å². The van der Waals surface area contributed by atoms with Gasteiger partial charge in [-0.25, -0.2) is 0 Å². The van der Waals surface area contributed by atoms with Gasteiger partial charge in [-0.2, -0.15) is 0 Å². The number of rotatable bonds is 7. The van der Waals surface area contributed by atoms with E-state index in [1.165, 1.54) is 31.2 Å². The molecule has 1 aliphatic carbocycles. The fourth-order valence-corrected chi connectivity index (χ4v) is 3.52. The Balaban J connectivity index is 0.00000192. The van der Waals surface area contributed by atoms with Crippen LogP contribution in [0.5, 0.6) is 0 Å². The summed E-state index contributed by atoms with van der Waals surface area (Å²) >= 11 is 0. The van der Waals surface area contributed by atoms with Gasteiger partial charge in [-0.1, -0.05) is 30.3 Å². The number of benzene rings is 1. The maximum atomic E-state index is 12.8. The molecule has 0 bridgehead atoms. The van der Waals surface area contributed by atoms with E-state index >= 15 is 0 Å². The summed E-state index contributed by atoms with van der Waals surface area (Å²) in [7, 11) is 0. The molecule has 23 heavy (non-hydrogen) atoms. The van der Waals surface area contributed by atoms with E-state index in [1.807, 2.05) is 6.07 Å². The zero-order valence-corrected chi connectivity index (χ0v) is 14.9. The van der Waals surface area contributed by atoms with Crippen molar-refractivity contribution in [3.05, 3.63) is 35.9 Å². The van der Waals surface area contributed by atoms with Gasteiger partial charge in [0.05, 0.1) is 0 Å². The summed E-state index contributed by atoms with van der Waals surface area (Å²) in [6, 6.07) is 11.3. The normalized spacial score (nSPS) is 21.5. The topological polar surface area (TPSA) is 32.3 Å². The van der Waals surface area contributed by atoms with E-state index in [4.69, 9.17) is 0 Å². The molecule has 1 saturated carbocycles. The average Bonchev–Trinajstić information content (AvgIpc) is 3.27. The Bertz CT molecular complexity index is 483. The van der Waals surface area contributed by atoms with Crippen LogP contribution in [0.25, 0.3) is 0 Å². The second kappa shape index (κ2) is 8.70. The van der Waals surface area contributed by atoms with Gasteiger partial charge in [-0.05, 0) is 57.1 Å². The predicted octanol–water partition coefficient (Wildman–Crippen LogP) is 3.77. The Hall–Kier alpha value is -1.06. The Morgan fingerprint density at radius 3 is 2.61 bits per heavy atom. The molecule has 1 aliphatic heterocycles. The van der Waals surface area contributed by atoms with Crippen LogP contribution in [0.15, 0.2) is 30.3 Å². The van der Waals surface area contributed by atoms with Crippen molar-refractivity contribution in [1.29, 1.82) is 0 Å². The summed E-state index contributed by atoms with van der Waals surface area (Å²) in [6.45, 7) is 4.10. The van der Waals surface area contributed by atoms with Crippen molar-refractivity contribution in [2.45, 2.75) is 64.1 Å². The van der Waals surface area contributed by atoms with Crippen LogP contribution >= 0.6 is 12.4 Å². The lowest BCUT2D eigenvalue weighted by molar-refractivity contribution is -0.134. The summed E-state index contributed by atoms with van der Waals surface area (Å²) in [4.78, 5) is 14.9. The van der Waals surface area contributed by atoms with Crippen molar-refractivity contribution in [1.82, 2.24) is 10.2 Å². The van der Waals surface area contributed by atoms with Crippen molar-refractivity contribution in [3.63, 3.8) is 0 Å². The average molecular weight is 337 g/mol. The molecule has 3 nitrogen and oxygen atoms in total. The van der Waals surface area contributed by atoms with Gasteiger partial charge in [-0.3, -0.25) is 4.79 Å². The number of carbonyl (C=O) groups excluding carboxylic acids is 1. The van der Waals surface area contributed by atoms with Gasteiger partial charge >= 0.3 is 0 Å². The number of nitrogens with zero attached hydrogens (tertiary/aromatic N) is 1. The fourth-order valence-electron chi connectivity index (χ4n) is 3.52. The van der Waals surface area contributed by atoms with Gasteiger partial charge in [0.2, 0.25) is 5.91 Å². The lowest BCUT2D eigenvalue weighted by atomic mass is 10.1. The molecule has 2 atom stereocenters. The predicted molar refractivity (Wildman–Crippen MR) is 96.7 cm³/mol. The summed E-state index contributed by atoms with van der Waals surface area (Å²) in [5, 5.41) is 3.49. The van der Waals surface area contributed by atoms with E-state index in [2.05, 4.69) is 41.4 Å². The highest BCUT2D eigenvalue weighted by Gasteiger charge is 2.34. The maximum Gasteiger partial charge on any atom is 0.223 e. The van der Waals surface area contributed by atoms with E-state index in [1.54, 1.807) is 0 Å². The molecule has 1 N–H and O–H groups in total. The number of hydrogen-bond donors (Lipinski definition) is 1. The van der Waals surface area contributed by atoms with Crippen LogP contribution < -0.4 is 5.32 Å². The summed E-state index contributed by atoms with van der Waals surface area (Å²) < 4.78 is 0. The SMILES string of the molecule is CC(C1CC1)N(Cc1ccccc1)C(=O)CCC1CCCN1.Cl. The molecule has 1 heterocycles. The Labute approximate surface area is 146 Å². The highest BCUT2D eigenvalue weighted by molar-refractivity contribution is 5.85. The van der Waals surface area contributed by atoms with E-state index in [0.29, 0.717) is 24.4 Å². The standard InChI is InChI=1S/C19H28N2O.ClH/c1-15(17-9-10-17)21(14-16-6-3-2-4-7-16)19(22)12-11-18-8-5-13-20-18;/h2-4,6-7,15,17-18,20H,5,8-14H2,1H3;1H. The first-order valence-corrected chi connectivity index (χ1v) is 8.81. The molecule has 0 spiro atoms. The van der Waals surface area contributed by atoms with Crippen molar-refractivity contribution in [3.8, 4) is 0 Å². The van der Waals surface area contributed by atoms with Crippen LogP contribution in [0.3, 0.4) is 0 Å². The molecule has 1 saturated heterocycles. The van der Waals surface area contributed by atoms with Gasteiger partial charge in [0.1, 0.15) is 0 Å². The quantitative estimate of drug-likeness (QED) is 0.822. The van der Waals surface area contributed by atoms with Gasteiger partial charge in [0.15, 0.2) is 0 Å². The van der Waals surface area contributed by atoms with Crippen LogP contribution in [0.2, 0.25) is 0 Å². The third-order valence-corrected chi connectivity index (χ3v) is 5.18. The Kier molecular flexibility index (Phi) is 6.91. The minimum atomic E-state index is 0. The molecular formula is C19H29ClN2O. The summed E-state index contributed by atoms with van der Waals surface area (Å²) in [6.07, 6.45) is 6.71. The monoisotopic (exact) mass is 336 g/mol. The van der Waals surface area contributed by atoms with Gasteiger partial charge < -0.3 is 10.2 Å². The smallest absolute Gasteiger partial charge is 0.223 e. The number of hydrogen-bond acceptors (Lipinski definition) is 2.